The molecule has 0 bridgehead atoms. The van der Waals surface area contributed by atoms with E-state index in [-0.39, 0.29) is 6.09 Å². The van der Waals surface area contributed by atoms with Gasteiger partial charge in [0.15, 0.2) is 0 Å². The first kappa shape index (κ1) is 19.6. The second-order valence-corrected chi connectivity index (χ2v) is 9.39. The Morgan fingerprint density at radius 2 is 2.09 bits per heavy atom. The van der Waals surface area contributed by atoms with Gasteiger partial charge in [-0.05, 0) is 50.8 Å². The molecule has 0 aromatic carbocycles. The average molecular weight is 331 g/mol. The number of thioether (sulfide) groups is 1. The Kier molecular flexibility index (Phi) is 7.06. The maximum absolute atomic E-state index is 12.0. The molecular formula is C17H34N2O2S. The van der Waals surface area contributed by atoms with Crippen LogP contribution in [0.3, 0.4) is 0 Å². The summed E-state index contributed by atoms with van der Waals surface area (Å²) in [4.78, 5) is 13.7. The summed E-state index contributed by atoms with van der Waals surface area (Å²) in [7, 11) is 1.81. The number of nitrogens with one attached hydrogen (secondary N) is 1. The van der Waals surface area contributed by atoms with E-state index in [1.54, 1.807) is 4.90 Å². The SMILES string of the molecule is CC(CNC1CSCCC1(C)C)CN(C)C(=O)OC(C)(C)C. The fourth-order valence-corrected chi connectivity index (χ4v) is 4.20. The fraction of sp³-hybridized carbons (Fsp3) is 0.941. The number of amides is 1. The predicted octanol–water partition coefficient (Wildman–Crippen LogP) is 3.61. The van der Waals surface area contributed by atoms with Crippen molar-refractivity contribution in [2.75, 3.05) is 31.6 Å². The van der Waals surface area contributed by atoms with Crippen molar-refractivity contribution in [2.24, 2.45) is 11.3 Å². The molecule has 0 aromatic rings. The molecule has 5 heteroatoms. The van der Waals surface area contributed by atoms with E-state index >= 15 is 0 Å². The van der Waals surface area contributed by atoms with Crippen molar-refractivity contribution >= 4 is 17.9 Å². The van der Waals surface area contributed by atoms with Crippen LogP contribution in [0.25, 0.3) is 0 Å². The van der Waals surface area contributed by atoms with Gasteiger partial charge in [0.05, 0.1) is 0 Å². The van der Waals surface area contributed by atoms with Crippen molar-refractivity contribution in [3.63, 3.8) is 0 Å². The van der Waals surface area contributed by atoms with Gasteiger partial charge in [-0.3, -0.25) is 0 Å². The zero-order valence-electron chi connectivity index (χ0n) is 15.4. The molecule has 0 aromatic heterocycles. The summed E-state index contributed by atoms with van der Waals surface area (Å²) >= 11 is 2.04. The van der Waals surface area contributed by atoms with Gasteiger partial charge in [-0.1, -0.05) is 20.8 Å². The van der Waals surface area contributed by atoms with Crippen molar-refractivity contribution < 1.29 is 9.53 Å². The summed E-state index contributed by atoms with van der Waals surface area (Å²) < 4.78 is 5.39. The molecule has 1 rings (SSSR count). The Morgan fingerprint density at radius 3 is 2.64 bits per heavy atom. The van der Waals surface area contributed by atoms with Crippen molar-refractivity contribution in [3.8, 4) is 0 Å². The second kappa shape index (κ2) is 7.91. The lowest BCUT2D eigenvalue weighted by atomic mass is 9.82. The molecule has 1 amide bonds. The smallest absolute Gasteiger partial charge is 0.410 e. The quantitative estimate of drug-likeness (QED) is 0.836. The first-order valence-electron chi connectivity index (χ1n) is 8.26. The van der Waals surface area contributed by atoms with Gasteiger partial charge >= 0.3 is 6.09 Å². The summed E-state index contributed by atoms with van der Waals surface area (Å²) in [5.41, 5.74) is -0.0712. The molecule has 1 aliphatic heterocycles. The Bertz CT molecular complexity index is 366. The highest BCUT2D eigenvalue weighted by Gasteiger charge is 2.32. The average Bonchev–Trinajstić information content (AvgIpc) is 2.34. The molecule has 2 atom stereocenters. The summed E-state index contributed by atoms with van der Waals surface area (Å²) in [5, 5.41) is 3.70. The van der Waals surface area contributed by atoms with Crippen LogP contribution in [0.4, 0.5) is 4.79 Å². The molecule has 4 nitrogen and oxygen atoms in total. The van der Waals surface area contributed by atoms with Crippen LogP contribution in [0.5, 0.6) is 0 Å². The van der Waals surface area contributed by atoms with E-state index in [9.17, 15) is 4.79 Å². The number of rotatable bonds is 5. The standard InChI is InChI=1S/C17H34N2O2S/c1-13(11-19(7)15(20)21-16(2,3)4)10-18-14-12-22-9-8-17(14,5)6/h13-14,18H,8-12H2,1-7H3. The third kappa shape index (κ3) is 6.78. The largest absolute Gasteiger partial charge is 0.444 e. The topological polar surface area (TPSA) is 41.6 Å². The van der Waals surface area contributed by atoms with E-state index in [1.807, 2.05) is 39.6 Å². The number of ether oxygens (including phenoxy) is 1. The molecule has 1 N–H and O–H groups in total. The van der Waals surface area contributed by atoms with Crippen LogP contribution < -0.4 is 5.32 Å². The van der Waals surface area contributed by atoms with Gasteiger partial charge in [-0.25, -0.2) is 4.79 Å². The van der Waals surface area contributed by atoms with Crippen LogP contribution in [0.15, 0.2) is 0 Å². The molecule has 0 saturated carbocycles. The number of carbonyl (C=O) groups is 1. The normalized spacial score (nSPS) is 23.0. The number of carbonyl (C=O) groups excluding carboxylic acids is 1. The molecule has 130 valence electrons. The Labute approximate surface area is 140 Å². The van der Waals surface area contributed by atoms with Gasteiger partial charge in [0.2, 0.25) is 0 Å². The second-order valence-electron chi connectivity index (χ2n) is 8.24. The highest BCUT2D eigenvalue weighted by molar-refractivity contribution is 7.99. The molecule has 0 spiro atoms. The van der Waals surface area contributed by atoms with Crippen LogP contribution >= 0.6 is 11.8 Å². The van der Waals surface area contributed by atoms with E-state index in [0.717, 1.165) is 6.54 Å². The van der Waals surface area contributed by atoms with Crippen LogP contribution in [0.1, 0.15) is 48.0 Å². The molecule has 1 aliphatic rings. The maximum atomic E-state index is 12.0. The first-order chi connectivity index (χ1) is 10.0. The first-order valence-corrected chi connectivity index (χ1v) is 9.42. The maximum Gasteiger partial charge on any atom is 0.410 e. The van der Waals surface area contributed by atoms with Crippen molar-refractivity contribution in [3.05, 3.63) is 0 Å². The molecule has 1 fully saturated rings. The Morgan fingerprint density at radius 1 is 1.45 bits per heavy atom. The van der Waals surface area contributed by atoms with Crippen LogP contribution in [0.2, 0.25) is 0 Å². The van der Waals surface area contributed by atoms with Crippen LogP contribution in [-0.4, -0.2) is 54.3 Å². The van der Waals surface area contributed by atoms with E-state index in [1.165, 1.54) is 17.9 Å². The molecule has 0 aliphatic carbocycles. The monoisotopic (exact) mass is 330 g/mol. The highest BCUT2D eigenvalue weighted by atomic mass is 32.2. The number of hydrogen-bond donors (Lipinski definition) is 1. The zero-order chi connectivity index (χ0) is 17.0. The van der Waals surface area contributed by atoms with Crippen molar-refractivity contribution in [2.45, 2.75) is 59.6 Å². The van der Waals surface area contributed by atoms with Crippen LogP contribution in [0, 0.1) is 11.3 Å². The Hall–Kier alpha value is -0.420. The third-order valence-electron chi connectivity index (χ3n) is 4.12. The molecule has 0 radical (unpaired) electrons. The molecule has 1 heterocycles. The predicted molar refractivity (Wildman–Crippen MR) is 95.5 cm³/mol. The number of hydrogen-bond acceptors (Lipinski definition) is 4. The minimum atomic E-state index is -0.434. The van der Waals surface area contributed by atoms with Gasteiger partial charge < -0.3 is 15.0 Å². The van der Waals surface area contributed by atoms with E-state index in [2.05, 4.69) is 26.1 Å². The number of nitrogens with zero attached hydrogens (tertiary/aromatic N) is 1. The van der Waals surface area contributed by atoms with Crippen molar-refractivity contribution in [1.82, 2.24) is 10.2 Å². The third-order valence-corrected chi connectivity index (χ3v) is 5.18. The fourth-order valence-electron chi connectivity index (χ4n) is 2.56. The summed E-state index contributed by atoms with van der Waals surface area (Å²) in [5.74, 6) is 2.85. The summed E-state index contributed by atoms with van der Waals surface area (Å²) in [6.07, 6.45) is 1.02. The highest BCUT2D eigenvalue weighted by Crippen LogP contribution is 2.34. The molecule has 2 unspecified atom stereocenters. The van der Waals surface area contributed by atoms with Gasteiger partial charge in [-0.15, -0.1) is 0 Å². The zero-order valence-corrected chi connectivity index (χ0v) is 16.2. The molecule has 1 saturated heterocycles. The van der Waals surface area contributed by atoms with Gasteiger partial charge in [0, 0.05) is 25.4 Å². The van der Waals surface area contributed by atoms with E-state index in [0.29, 0.717) is 23.9 Å². The summed E-state index contributed by atoms with van der Waals surface area (Å²) in [6, 6.07) is 0.556. The minimum Gasteiger partial charge on any atom is -0.444 e. The lowest BCUT2D eigenvalue weighted by molar-refractivity contribution is 0.0275. The van der Waals surface area contributed by atoms with Gasteiger partial charge in [-0.2, -0.15) is 11.8 Å². The van der Waals surface area contributed by atoms with Gasteiger partial charge in [0.1, 0.15) is 5.60 Å². The van der Waals surface area contributed by atoms with Gasteiger partial charge in [0.25, 0.3) is 0 Å². The van der Waals surface area contributed by atoms with Crippen molar-refractivity contribution in [1.29, 1.82) is 0 Å². The lowest BCUT2D eigenvalue weighted by Gasteiger charge is -2.39. The molecule has 22 heavy (non-hydrogen) atoms. The lowest BCUT2D eigenvalue weighted by Crippen LogP contribution is -2.48. The summed E-state index contributed by atoms with van der Waals surface area (Å²) in [6.45, 7) is 14.2. The molecular weight excluding hydrogens is 296 g/mol. The minimum absolute atomic E-state index is 0.243. The van der Waals surface area contributed by atoms with E-state index < -0.39 is 5.60 Å². The Balaban J connectivity index is 2.36. The van der Waals surface area contributed by atoms with E-state index in [4.69, 9.17) is 4.74 Å². The van der Waals surface area contributed by atoms with Crippen LogP contribution in [-0.2, 0) is 4.74 Å².